The molecule has 2 aliphatic heterocycles. The summed E-state index contributed by atoms with van der Waals surface area (Å²) < 4.78 is 27.7. The van der Waals surface area contributed by atoms with E-state index in [9.17, 15) is 13.6 Å². The molecule has 1 saturated carbocycles. The van der Waals surface area contributed by atoms with Crippen molar-refractivity contribution in [2.24, 2.45) is 5.92 Å². The Morgan fingerprint density at radius 3 is 2.38 bits per heavy atom. The van der Waals surface area contributed by atoms with Crippen LogP contribution in [0.15, 0.2) is 18.2 Å². The molecule has 24 heavy (non-hydrogen) atoms. The zero-order valence-electron chi connectivity index (χ0n) is 14.0. The second-order valence-electron chi connectivity index (χ2n) is 7.66. The fraction of sp³-hybridized carbons (Fsp3) is 0.632. The van der Waals surface area contributed by atoms with Gasteiger partial charge >= 0.3 is 0 Å². The van der Waals surface area contributed by atoms with Crippen molar-refractivity contribution < 1.29 is 13.6 Å². The SMILES string of the molecule is CN1C2CCCC1CC(NC(=O)C1CC1c1c(F)cccc1F)C2. The Bertz CT molecular complexity index is 616. The van der Waals surface area contributed by atoms with Gasteiger partial charge in [-0.3, -0.25) is 4.79 Å². The minimum absolute atomic E-state index is 0.0321. The average molecular weight is 334 g/mol. The van der Waals surface area contributed by atoms with Crippen LogP contribution < -0.4 is 5.32 Å². The summed E-state index contributed by atoms with van der Waals surface area (Å²) in [6.07, 6.45) is 6.20. The first kappa shape index (κ1) is 16.0. The number of hydrogen-bond acceptors (Lipinski definition) is 2. The van der Waals surface area contributed by atoms with Gasteiger partial charge in [-0.1, -0.05) is 12.5 Å². The summed E-state index contributed by atoms with van der Waals surface area (Å²) in [4.78, 5) is 15.0. The van der Waals surface area contributed by atoms with Gasteiger partial charge in [0.2, 0.25) is 5.91 Å². The lowest BCUT2D eigenvalue weighted by Crippen LogP contribution is -2.55. The number of carbonyl (C=O) groups excluding carboxylic acids is 1. The first-order valence-corrected chi connectivity index (χ1v) is 9.01. The van der Waals surface area contributed by atoms with Crippen molar-refractivity contribution in [3.8, 4) is 0 Å². The van der Waals surface area contributed by atoms with Crippen molar-refractivity contribution in [1.82, 2.24) is 10.2 Å². The van der Waals surface area contributed by atoms with Crippen molar-refractivity contribution in [1.29, 1.82) is 0 Å². The number of rotatable bonds is 3. The third-order valence-electron chi connectivity index (χ3n) is 6.18. The second kappa shape index (κ2) is 6.10. The number of amides is 1. The first-order valence-electron chi connectivity index (χ1n) is 9.01. The predicted octanol–water partition coefficient (Wildman–Crippen LogP) is 3.20. The van der Waals surface area contributed by atoms with Crippen LogP contribution in [0.5, 0.6) is 0 Å². The Balaban J connectivity index is 1.38. The molecule has 2 heterocycles. The minimum atomic E-state index is -0.538. The molecule has 4 rings (SSSR count). The van der Waals surface area contributed by atoms with Gasteiger partial charge in [-0.2, -0.15) is 0 Å². The quantitative estimate of drug-likeness (QED) is 0.921. The molecule has 5 heteroatoms. The highest BCUT2D eigenvalue weighted by Gasteiger charge is 2.47. The van der Waals surface area contributed by atoms with E-state index < -0.39 is 11.6 Å². The Morgan fingerprint density at radius 1 is 1.12 bits per heavy atom. The van der Waals surface area contributed by atoms with Crippen LogP contribution in [0, 0.1) is 17.6 Å². The Kier molecular flexibility index (Phi) is 4.07. The zero-order chi connectivity index (χ0) is 16.8. The number of hydrogen-bond donors (Lipinski definition) is 1. The van der Waals surface area contributed by atoms with Crippen molar-refractivity contribution >= 4 is 5.91 Å². The molecule has 3 nitrogen and oxygen atoms in total. The zero-order valence-corrected chi connectivity index (χ0v) is 14.0. The van der Waals surface area contributed by atoms with Crippen molar-refractivity contribution in [3.05, 3.63) is 35.4 Å². The van der Waals surface area contributed by atoms with Crippen molar-refractivity contribution in [3.63, 3.8) is 0 Å². The molecule has 4 atom stereocenters. The number of benzene rings is 1. The van der Waals surface area contributed by atoms with Crippen LogP contribution in [-0.2, 0) is 4.79 Å². The summed E-state index contributed by atoms with van der Waals surface area (Å²) in [5.74, 6) is -1.70. The molecular weight excluding hydrogens is 310 g/mol. The highest BCUT2D eigenvalue weighted by atomic mass is 19.1. The lowest BCUT2D eigenvalue weighted by Gasteiger charge is -2.47. The fourth-order valence-electron chi connectivity index (χ4n) is 4.71. The normalized spacial score (nSPS) is 35.5. The average Bonchev–Trinajstić information content (AvgIpc) is 3.28. The second-order valence-corrected chi connectivity index (χ2v) is 7.66. The van der Waals surface area contributed by atoms with Crippen LogP contribution in [0.2, 0.25) is 0 Å². The van der Waals surface area contributed by atoms with Crippen LogP contribution >= 0.6 is 0 Å². The van der Waals surface area contributed by atoms with E-state index in [1.54, 1.807) is 0 Å². The number of halogens is 2. The maximum atomic E-state index is 13.9. The van der Waals surface area contributed by atoms with E-state index in [1.807, 2.05) is 0 Å². The molecule has 3 aliphatic rings. The molecule has 0 spiro atoms. The lowest BCUT2D eigenvalue weighted by molar-refractivity contribution is -0.123. The Hall–Kier alpha value is -1.49. The number of piperidine rings is 2. The summed E-state index contributed by atoms with van der Waals surface area (Å²) >= 11 is 0. The topological polar surface area (TPSA) is 32.3 Å². The fourth-order valence-corrected chi connectivity index (χ4v) is 4.71. The van der Waals surface area contributed by atoms with Gasteiger partial charge in [-0.05, 0) is 51.3 Å². The van der Waals surface area contributed by atoms with E-state index in [-0.39, 0.29) is 29.3 Å². The maximum absolute atomic E-state index is 13.9. The first-order chi connectivity index (χ1) is 11.5. The van der Waals surface area contributed by atoms with E-state index in [0.717, 1.165) is 12.8 Å². The molecular formula is C19H24F2N2O. The van der Waals surface area contributed by atoms with Crippen LogP contribution in [0.3, 0.4) is 0 Å². The highest BCUT2D eigenvalue weighted by molar-refractivity contribution is 5.83. The number of fused-ring (bicyclic) bond motifs is 2. The van der Waals surface area contributed by atoms with Crippen LogP contribution in [-0.4, -0.2) is 36.0 Å². The van der Waals surface area contributed by atoms with Gasteiger partial charge in [0.1, 0.15) is 11.6 Å². The molecule has 130 valence electrons. The van der Waals surface area contributed by atoms with Crippen molar-refractivity contribution in [2.45, 2.75) is 62.6 Å². The monoisotopic (exact) mass is 334 g/mol. The Morgan fingerprint density at radius 2 is 1.75 bits per heavy atom. The van der Waals surface area contributed by atoms with Crippen molar-refractivity contribution in [2.75, 3.05) is 7.05 Å². The molecule has 3 fully saturated rings. The number of nitrogens with one attached hydrogen (secondary N) is 1. The molecule has 4 unspecified atom stereocenters. The summed E-state index contributed by atoms with van der Waals surface area (Å²) in [5, 5.41) is 3.16. The minimum Gasteiger partial charge on any atom is -0.353 e. The highest BCUT2D eigenvalue weighted by Crippen LogP contribution is 2.49. The molecule has 1 aromatic carbocycles. The molecule has 0 aromatic heterocycles. The van der Waals surface area contributed by atoms with Gasteiger partial charge in [-0.15, -0.1) is 0 Å². The summed E-state index contributed by atoms with van der Waals surface area (Å²) in [7, 11) is 2.18. The lowest BCUT2D eigenvalue weighted by atomic mass is 9.82. The van der Waals surface area contributed by atoms with Gasteiger partial charge in [0, 0.05) is 35.5 Å². The van der Waals surface area contributed by atoms with Gasteiger partial charge in [0.05, 0.1) is 0 Å². The van der Waals surface area contributed by atoms with E-state index in [2.05, 4.69) is 17.3 Å². The predicted molar refractivity (Wildman–Crippen MR) is 87.6 cm³/mol. The van der Waals surface area contributed by atoms with E-state index >= 15 is 0 Å². The molecule has 0 radical (unpaired) electrons. The standard InChI is InChI=1S/C19H24F2N2O/c1-23-12-4-2-5-13(23)9-11(8-12)22-19(24)15-10-14(15)18-16(20)6-3-7-17(18)21/h3,6-7,11-15H,2,4-5,8-10H2,1H3,(H,22,24). The summed E-state index contributed by atoms with van der Waals surface area (Å²) in [6, 6.07) is 5.22. The third kappa shape index (κ3) is 2.83. The van der Waals surface area contributed by atoms with E-state index in [1.165, 1.54) is 37.5 Å². The van der Waals surface area contributed by atoms with E-state index in [4.69, 9.17) is 0 Å². The van der Waals surface area contributed by atoms with Gasteiger partial charge in [0.15, 0.2) is 0 Å². The van der Waals surface area contributed by atoms with Crippen LogP contribution in [0.4, 0.5) is 8.78 Å². The molecule has 1 N–H and O–H groups in total. The molecule has 2 bridgehead atoms. The van der Waals surface area contributed by atoms with Crippen LogP contribution in [0.1, 0.15) is 50.0 Å². The molecule has 2 saturated heterocycles. The molecule has 1 amide bonds. The Labute approximate surface area is 141 Å². The van der Waals surface area contributed by atoms with Gasteiger partial charge < -0.3 is 10.2 Å². The van der Waals surface area contributed by atoms with E-state index in [0.29, 0.717) is 18.5 Å². The van der Waals surface area contributed by atoms with Gasteiger partial charge in [0.25, 0.3) is 0 Å². The number of nitrogens with zero attached hydrogens (tertiary/aromatic N) is 1. The molecule has 1 aliphatic carbocycles. The maximum Gasteiger partial charge on any atom is 0.223 e. The largest absolute Gasteiger partial charge is 0.353 e. The van der Waals surface area contributed by atoms with Crippen LogP contribution in [0.25, 0.3) is 0 Å². The molecule has 1 aromatic rings. The number of carbonyl (C=O) groups is 1. The third-order valence-corrected chi connectivity index (χ3v) is 6.18. The smallest absolute Gasteiger partial charge is 0.223 e. The summed E-state index contributed by atoms with van der Waals surface area (Å²) in [5.41, 5.74) is 0.0814. The summed E-state index contributed by atoms with van der Waals surface area (Å²) in [6.45, 7) is 0. The van der Waals surface area contributed by atoms with Gasteiger partial charge in [-0.25, -0.2) is 8.78 Å².